The predicted molar refractivity (Wildman–Crippen MR) is 65.4 cm³/mol. The molecule has 2 aromatic rings. The Morgan fingerprint density at radius 1 is 1.31 bits per heavy atom. The van der Waals surface area contributed by atoms with E-state index in [2.05, 4.69) is 11.8 Å². The van der Waals surface area contributed by atoms with Crippen molar-refractivity contribution in [3.63, 3.8) is 0 Å². The van der Waals surface area contributed by atoms with E-state index in [9.17, 15) is 4.79 Å². The maximum absolute atomic E-state index is 11.6. The Morgan fingerprint density at radius 2 is 2.19 bits per heavy atom. The quantitative estimate of drug-likeness (QED) is 0.766. The summed E-state index contributed by atoms with van der Waals surface area (Å²) >= 11 is 0. The van der Waals surface area contributed by atoms with Crippen molar-refractivity contribution in [2.24, 2.45) is 0 Å². The van der Waals surface area contributed by atoms with Gasteiger partial charge in [0.1, 0.15) is 0 Å². The second-order valence-corrected chi connectivity index (χ2v) is 3.61. The molecule has 0 aromatic heterocycles. The van der Waals surface area contributed by atoms with Crippen LogP contribution in [-0.4, -0.2) is 19.5 Å². The molecule has 3 rings (SSSR count). The van der Waals surface area contributed by atoms with E-state index >= 15 is 0 Å². The van der Waals surface area contributed by atoms with Gasteiger partial charge < -0.3 is 0 Å². The number of hydrogen-bond acceptors (Lipinski definition) is 2. The molecule has 0 fully saturated rings. The van der Waals surface area contributed by atoms with E-state index < -0.39 is 0 Å². The van der Waals surface area contributed by atoms with Crippen molar-refractivity contribution in [2.75, 3.05) is 5.32 Å². The molecule has 0 unspecified atom stereocenters. The van der Waals surface area contributed by atoms with Crippen molar-refractivity contribution in [3.8, 4) is 5.75 Å². The number of rotatable bonds is 2. The van der Waals surface area contributed by atoms with Crippen LogP contribution in [0.15, 0.2) is 30.3 Å². The summed E-state index contributed by atoms with van der Waals surface area (Å²) in [5.41, 5.74) is 1.52. The number of hydrogen-bond donors (Lipinski definition) is 1. The van der Waals surface area contributed by atoms with Crippen LogP contribution in [0.1, 0.15) is 10.4 Å². The molecular weight excluding hydrogens is 201 g/mol. The van der Waals surface area contributed by atoms with Crippen molar-refractivity contribution in [1.82, 2.24) is 0 Å². The van der Waals surface area contributed by atoms with E-state index in [4.69, 9.17) is 4.65 Å². The zero-order valence-corrected chi connectivity index (χ0v) is 8.49. The molecule has 1 aliphatic heterocycles. The first-order valence-electron chi connectivity index (χ1n) is 4.95. The molecular formula is C12H8BNO2. The van der Waals surface area contributed by atoms with E-state index in [0.717, 1.165) is 22.0 Å². The van der Waals surface area contributed by atoms with E-state index in [1.54, 1.807) is 6.07 Å². The third kappa shape index (κ3) is 1.16. The molecule has 2 aromatic carbocycles. The second kappa shape index (κ2) is 3.20. The number of anilines is 1. The zero-order valence-electron chi connectivity index (χ0n) is 8.49. The minimum atomic E-state index is -0.0589. The van der Waals surface area contributed by atoms with Gasteiger partial charge in [0.05, 0.1) is 0 Å². The summed E-state index contributed by atoms with van der Waals surface area (Å²) in [6.45, 7) is 3.51. The van der Waals surface area contributed by atoms with Crippen LogP contribution < -0.4 is 9.97 Å². The molecule has 0 atom stereocenters. The standard InChI is InChI=1S/C12H8BNO2/c1-13-16-8-5-7-3-2-4-9-11(7)10(6-8)14-12(9)15/h2-6H,1H2,(H,14,15). The van der Waals surface area contributed by atoms with Gasteiger partial charge in [-0.2, -0.15) is 0 Å². The Bertz CT molecular complexity index is 622. The van der Waals surface area contributed by atoms with Gasteiger partial charge in [-0.05, 0) is 0 Å². The third-order valence-corrected chi connectivity index (χ3v) is 2.66. The van der Waals surface area contributed by atoms with Crippen molar-refractivity contribution in [2.45, 2.75) is 0 Å². The molecule has 1 heterocycles. The first-order chi connectivity index (χ1) is 7.79. The number of carbonyl (C=O) groups is 1. The first kappa shape index (κ1) is 9.15. The summed E-state index contributed by atoms with van der Waals surface area (Å²) in [5.74, 6) is 0.619. The van der Waals surface area contributed by atoms with Gasteiger partial charge in [-0.25, -0.2) is 0 Å². The zero-order chi connectivity index (χ0) is 11.1. The van der Waals surface area contributed by atoms with Crippen LogP contribution in [0, 0.1) is 0 Å². The van der Waals surface area contributed by atoms with Crippen LogP contribution in [0.25, 0.3) is 10.8 Å². The van der Waals surface area contributed by atoms with E-state index in [1.165, 1.54) is 7.12 Å². The van der Waals surface area contributed by atoms with E-state index in [0.29, 0.717) is 5.75 Å². The van der Waals surface area contributed by atoms with Gasteiger partial charge >= 0.3 is 92.4 Å². The van der Waals surface area contributed by atoms with E-state index in [-0.39, 0.29) is 5.91 Å². The second-order valence-electron chi connectivity index (χ2n) is 3.61. The average Bonchev–Trinajstić information content (AvgIpc) is 2.58. The molecule has 1 aliphatic rings. The van der Waals surface area contributed by atoms with Crippen LogP contribution >= 0.6 is 0 Å². The van der Waals surface area contributed by atoms with Crippen molar-refractivity contribution >= 4 is 36.0 Å². The summed E-state index contributed by atoms with van der Waals surface area (Å²) in [6.07, 6.45) is 0. The van der Waals surface area contributed by atoms with Gasteiger partial charge in [0.25, 0.3) is 0 Å². The molecule has 0 aliphatic carbocycles. The Hall–Kier alpha value is -2.10. The summed E-state index contributed by atoms with van der Waals surface area (Å²) < 4.78 is 5.23. The monoisotopic (exact) mass is 209 g/mol. The summed E-state index contributed by atoms with van der Waals surface area (Å²) in [7, 11) is 1.37. The maximum atomic E-state index is 11.6. The van der Waals surface area contributed by atoms with Crippen LogP contribution in [0.5, 0.6) is 5.75 Å². The molecule has 0 spiro atoms. The molecule has 3 nitrogen and oxygen atoms in total. The fraction of sp³-hybridized carbons (Fsp3) is 0. The molecule has 0 bridgehead atoms. The molecule has 76 valence electrons. The Kier molecular flexibility index (Phi) is 1.83. The summed E-state index contributed by atoms with van der Waals surface area (Å²) in [6, 6.07) is 9.34. The third-order valence-electron chi connectivity index (χ3n) is 2.66. The van der Waals surface area contributed by atoms with Gasteiger partial charge in [0, 0.05) is 0 Å². The number of carbonyl (C=O) groups excluding carboxylic acids is 1. The molecule has 1 amide bonds. The normalized spacial score (nSPS) is 12.4. The number of nitrogens with one attached hydrogen (secondary N) is 1. The fourth-order valence-corrected chi connectivity index (χ4v) is 2.04. The Labute approximate surface area is 93.0 Å². The van der Waals surface area contributed by atoms with Gasteiger partial charge in [-0.3, -0.25) is 0 Å². The van der Waals surface area contributed by atoms with Gasteiger partial charge in [0.2, 0.25) is 0 Å². The molecule has 1 N–H and O–H groups in total. The van der Waals surface area contributed by atoms with Crippen molar-refractivity contribution < 1.29 is 9.45 Å². The van der Waals surface area contributed by atoms with Crippen LogP contribution in [-0.2, 0) is 0 Å². The van der Waals surface area contributed by atoms with Gasteiger partial charge in [-0.1, -0.05) is 0 Å². The predicted octanol–water partition coefficient (Wildman–Crippen LogP) is 1.84. The van der Waals surface area contributed by atoms with Crippen LogP contribution in [0.2, 0.25) is 0 Å². The Balaban J connectivity index is 2.34. The topological polar surface area (TPSA) is 38.3 Å². The molecule has 0 radical (unpaired) electrons. The number of amides is 1. The molecule has 0 saturated carbocycles. The summed E-state index contributed by atoms with van der Waals surface area (Å²) in [4.78, 5) is 11.6. The molecule has 4 heteroatoms. The number of benzene rings is 2. The summed E-state index contributed by atoms with van der Waals surface area (Å²) in [5, 5.41) is 4.77. The van der Waals surface area contributed by atoms with Gasteiger partial charge in [0.15, 0.2) is 0 Å². The van der Waals surface area contributed by atoms with Crippen molar-refractivity contribution in [1.29, 1.82) is 0 Å². The minimum absolute atomic E-state index is 0.0589. The Morgan fingerprint density at radius 3 is 3.00 bits per heavy atom. The van der Waals surface area contributed by atoms with Crippen LogP contribution in [0.3, 0.4) is 0 Å². The first-order valence-corrected chi connectivity index (χ1v) is 4.95. The SMILES string of the molecule is C=BOc1cc2c3c(cccc3c1)C(=O)N2. The fourth-order valence-electron chi connectivity index (χ4n) is 2.04. The van der Waals surface area contributed by atoms with Gasteiger partial charge in [-0.15, -0.1) is 0 Å². The van der Waals surface area contributed by atoms with Crippen molar-refractivity contribution in [3.05, 3.63) is 35.9 Å². The van der Waals surface area contributed by atoms with E-state index in [1.807, 2.05) is 24.3 Å². The molecule has 16 heavy (non-hydrogen) atoms. The van der Waals surface area contributed by atoms with Crippen LogP contribution in [0.4, 0.5) is 5.69 Å². The average molecular weight is 209 g/mol. The molecule has 0 saturated heterocycles.